The third-order valence-corrected chi connectivity index (χ3v) is 5.54. The molecule has 0 aliphatic carbocycles. The Morgan fingerprint density at radius 2 is 1.67 bits per heavy atom. The molecule has 0 atom stereocenters. The molecule has 4 rings (SSSR count). The summed E-state index contributed by atoms with van der Waals surface area (Å²) in [6.07, 6.45) is 1.32. The Kier molecular flexibility index (Phi) is 4.95. The zero-order valence-electron chi connectivity index (χ0n) is 15.6. The zero-order chi connectivity index (χ0) is 18.9. The fraction of sp³-hybridized carbons (Fsp3) is 0.500. The van der Waals surface area contributed by atoms with Crippen molar-refractivity contribution in [3.63, 3.8) is 0 Å². The fourth-order valence-electron chi connectivity index (χ4n) is 3.67. The van der Waals surface area contributed by atoms with E-state index in [4.69, 9.17) is 0 Å². The number of piperidine rings is 1. The number of hydrogen-bond donors (Lipinski definition) is 0. The summed E-state index contributed by atoms with van der Waals surface area (Å²) in [4.78, 5) is 15.2. The van der Waals surface area contributed by atoms with Gasteiger partial charge in [0.1, 0.15) is 18.0 Å². The van der Waals surface area contributed by atoms with Gasteiger partial charge in [0.15, 0.2) is 0 Å². The molecule has 2 saturated heterocycles. The second kappa shape index (κ2) is 7.38. The van der Waals surface area contributed by atoms with Gasteiger partial charge in [-0.25, -0.2) is 18.7 Å². The summed E-state index contributed by atoms with van der Waals surface area (Å²) in [5, 5.41) is 0. The maximum Gasteiger partial charge on any atom is 0.251 e. The SMILES string of the molecule is CN(Cc1ccccc1)C1CN(c2cc(N3CCC(F)(F)CC3)ncn2)C1. The van der Waals surface area contributed by atoms with Gasteiger partial charge in [-0.1, -0.05) is 30.3 Å². The molecule has 0 saturated carbocycles. The van der Waals surface area contributed by atoms with Crippen LogP contribution in [0.3, 0.4) is 0 Å². The van der Waals surface area contributed by atoms with Crippen LogP contribution in [0.5, 0.6) is 0 Å². The normalized spacial score (nSPS) is 20.0. The van der Waals surface area contributed by atoms with E-state index in [0.29, 0.717) is 19.1 Å². The average molecular weight is 373 g/mol. The summed E-state index contributed by atoms with van der Waals surface area (Å²) in [6.45, 7) is 3.43. The third kappa shape index (κ3) is 4.18. The molecular formula is C20H25F2N5. The average Bonchev–Trinajstić information content (AvgIpc) is 2.61. The van der Waals surface area contributed by atoms with Crippen molar-refractivity contribution < 1.29 is 8.78 Å². The van der Waals surface area contributed by atoms with Crippen LogP contribution < -0.4 is 9.80 Å². The molecule has 0 amide bonds. The van der Waals surface area contributed by atoms with Gasteiger partial charge in [0.25, 0.3) is 5.92 Å². The molecule has 0 bridgehead atoms. The number of alkyl halides is 2. The van der Waals surface area contributed by atoms with Crippen molar-refractivity contribution in [2.45, 2.75) is 31.4 Å². The highest BCUT2D eigenvalue weighted by Crippen LogP contribution is 2.31. The van der Waals surface area contributed by atoms with Crippen molar-refractivity contribution in [2.75, 3.05) is 43.0 Å². The predicted molar refractivity (Wildman–Crippen MR) is 102 cm³/mol. The first-order valence-electron chi connectivity index (χ1n) is 9.44. The van der Waals surface area contributed by atoms with E-state index >= 15 is 0 Å². The van der Waals surface area contributed by atoms with Gasteiger partial charge in [-0.15, -0.1) is 0 Å². The van der Waals surface area contributed by atoms with Crippen LogP contribution in [0.2, 0.25) is 0 Å². The summed E-state index contributed by atoms with van der Waals surface area (Å²) in [6, 6.07) is 12.9. The van der Waals surface area contributed by atoms with Crippen molar-refractivity contribution in [1.29, 1.82) is 0 Å². The quantitative estimate of drug-likeness (QED) is 0.805. The molecule has 3 heterocycles. The fourth-order valence-corrected chi connectivity index (χ4v) is 3.67. The first-order valence-corrected chi connectivity index (χ1v) is 9.44. The van der Waals surface area contributed by atoms with Crippen molar-refractivity contribution in [1.82, 2.24) is 14.9 Å². The van der Waals surface area contributed by atoms with Crippen molar-refractivity contribution >= 4 is 11.6 Å². The predicted octanol–water partition coefficient (Wildman–Crippen LogP) is 3.03. The largest absolute Gasteiger partial charge is 0.356 e. The molecule has 2 fully saturated rings. The molecule has 7 heteroatoms. The van der Waals surface area contributed by atoms with Crippen LogP contribution >= 0.6 is 0 Å². The van der Waals surface area contributed by atoms with Gasteiger partial charge in [-0.3, -0.25) is 4.90 Å². The Balaban J connectivity index is 1.33. The second-order valence-corrected chi connectivity index (χ2v) is 7.54. The van der Waals surface area contributed by atoms with Crippen LogP contribution in [-0.2, 0) is 6.54 Å². The molecule has 0 radical (unpaired) electrons. The zero-order valence-corrected chi connectivity index (χ0v) is 15.6. The van der Waals surface area contributed by atoms with E-state index in [1.54, 1.807) is 6.33 Å². The molecule has 0 unspecified atom stereocenters. The molecule has 0 N–H and O–H groups in total. The summed E-state index contributed by atoms with van der Waals surface area (Å²) >= 11 is 0. The number of anilines is 2. The Morgan fingerprint density at radius 3 is 2.33 bits per heavy atom. The summed E-state index contributed by atoms with van der Waals surface area (Å²) in [5.74, 6) is -0.918. The first kappa shape index (κ1) is 18.1. The van der Waals surface area contributed by atoms with Gasteiger partial charge in [0.2, 0.25) is 0 Å². The molecule has 2 aromatic rings. The van der Waals surface area contributed by atoms with Crippen LogP contribution in [-0.4, -0.2) is 60.1 Å². The van der Waals surface area contributed by atoms with Crippen LogP contribution in [0.15, 0.2) is 42.7 Å². The first-order chi connectivity index (χ1) is 13.0. The Bertz CT molecular complexity index is 754. The molecule has 5 nitrogen and oxygen atoms in total. The monoisotopic (exact) mass is 373 g/mol. The highest BCUT2D eigenvalue weighted by molar-refractivity contribution is 5.52. The van der Waals surface area contributed by atoms with Gasteiger partial charge in [-0.05, 0) is 12.6 Å². The Hall–Kier alpha value is -2.28. The highest BCUT2D eigenvalue weighted by Gasteiger charge is 2.35. The topological polar surface area (TPSA) is 35.5 Å². The lowest BCUT2D eigenvalue weighted by Gasteiger charge is -2.45. The molecule has 2 aliphatic heterocycles. The minimum absolute atomic E-state index is 0.109. The molecule has 1 aromatic carbocycles. The van der Waals surface area contributed by atoms with Gasteiger partial charge in [0.05, 0.1) is 0 Å². The van der Waals surface area contributed by atoms with Gasteiger partial charge < -0.3 is 9.80 Å². The maximum atomic E-state index is 13.4. The van der Waals surface area contributed by atoms with Crippen LogP contribution in [0.1, 0.15) is 18.4 Å². The summed E-state index contributed by atoms with van der Waals surface area (Å²) < 4.78 is 26.7. The van der Waals surface area contributed by atoms with E-state index in [9.17, 15) is 8.78 Å². The smallest absolute Gasteiger partial charge is 0.251 e. The molecule has 1 aromatic heterocycles. The van der Waals surface area contributed by atoms with Gasteiger partial charge >= 0.3 is 0 Å². The minimum Gasteiger partial charge on any atom is -0.356 e. The number of benzene rings is 1. The number of rotatable bonds is 5. The molecule has 144 valence electrons. The lowest BCUT2D eigenvalue weighted by atomic mass is 10.1. The van der Waals surface area contributed by atoms with Gasteiger partial charge in [0, 0.05) is 57.7 Å². The van der Waals surface area contributed by atoms with Crippen molar-refractivity contribution in [3.8, 4) is 0 Å². The minimum atomic E-state index is -2.54. The van der Waals surface area contributed by atoms with Crippen molar-refractivity contribution in [2.24, 2.45) is 0 Å². The number of halogens is 2. The highest BCUT2D eigenvalue weighted by atomic mass is 19.3. The summed E-state index contributed by atoms with van der Waals surface area (Å²) in [7, 11) is 2.15. The van der Waals surface area contributed by atoms with E-state index in [2.05, 4.69) is 51.1 Å². The lowest BCUT2D eigenvalue weighted by Crippen LogP contribution is -2.58. The lowest BCUT2D eigenvalue weighted by molar-refractivity contribution is -0.0221. The van der Waals surface area contributed by atoms with E-state index in [0.717, 1.165) is 31.3 Å². The van der Waals surface area contributed by atoms with Crippen molar-refractivity contribution in [3.05, 3.63) is 48.3 Å². The van der Waals surface area contributed by atoms with E-state index < -0.39 is 5.92 Å². The van der Waals surface area contributed by atoms with Crippen LogP contribution in [0.4, 0.5) is 20.4 Å². The number of nitrogens with zero attached hydrogens (tertiary/aromatic N) is 5. The molecular weight excluding hydrogens is 348 g/mol. The third-order valence-electron chi connectivity index (χ3n) is 5.54. The standard InChI is InChI=1S/C20H25F2N5/c1-25(12-16-5-3-2-4-6-16)17-13-27(14-17)19-11-18(23-15-24-19)26-9-7-20(21,22)8-10-26/h2-6,11,15,17H,7-10,12-14H2,1H3. The van der Waals surface area contributed by atoms with Crippen LogP contribution in [0, 0.1) is 0 Å². The maximum absolute atomic E-state index is 13.4. The molecule has 27 heavy (non-hydrogen) atoms. The van der Waals surface area contributed by atoms with Crippen LogP contribution in [0.25, 0.3) is 0 Å². The number of aromatic nitrogens is 2. The van der Waals surface area contributed by atoms with E-state index in [1.165, 1.54) is 5.56 Å². The number of likely N-dealkylation sites (N-methyl/N-ethyl adjacent to an activating group) is 1. The van der Waals surface area contributed by atoms with Gasteiger partial charge in [-0.2, -0.15) is 0 Å². The Labute approximate surface area is 158 Å². The molecule has 0 spiro atoms. The van der Waals surface area contributed by atoms with E-state index in [-0.39, 0.29) is 12.8 Å². The van der Waals surface area contributed by atoms with E-state index in [1.807, 2.05) is 17.0 Å². The number of hydrogen-bond acceptors (Lipinski definition) is 5. The Morgan fingerprint density at radius 1 is 1.04 bits per heavy atom. The second-order valence-electron chi connectivity index (χ2n) is 7.54. The summed E-state index contributed by atoms with van der Waals surface area (Å²) in [5.41, 5.74) is 1.31. The molecule has 2 aliphatic rings.